The summed E-state index contributed by atoms with van der Waals surface area (Å²) in [6.45, 7) is 2.96. The first-order chi connectivity index (χ1) is 14.2. The lowest BCUT2D eigenvalue weighted by Gasteiger charge is -2.26. The zero-order valence-corrected chi connectivity index (χ0v) is 17.1. The molecule has 1 aliphatic heterocycles. The van der Waals surface area contributed by atoms with Crippen molar-refractivity contribution in [3.63, 3.8) is 0 Å². The van der Waals surface area contributed by atoms with Gasteiger partial charge in [-0.3, -0.25) is 4.79 Å². The standard InChI is InChI=1S/C21H20ClF3N4O/c1-13-16(11-19(30)28-9-3-2-4-10-28)20-26-17(14-5-7-15(22)8-6-14)12-18(21(23,24)25)29(20)27-13/h5-8,12H,2-4,9-11H2,1H3. The van der Waals surface area contributed by atoms with Crippen LogP contribution in [0.1, 0.15) is 36.2 Å². The van der Waals surface area contributed by atoms with Gasteiger partial charge in [0.1, 0.15) is 0 Å². The second-order valence-electron chi connectivity index (χ2n) is 7.45. The number of hydrogen-bond donors (Lipinski definition) is 0. The zero-order chi connectivity index (χ0) is 21.5. The van der Waals surface area contributed by atoms with Crippen LogP contribution in [0.15, 0.2) is 30.3 Å². The molecule has 0 N–H and O–H groups in total. The van der Waals surface area contributed by atoms with Crippen LogP contribution in [0.5, 0.6) is 0 Å². The highest BCUT2D eigenvalue weighted by Crippen LogP contribution is 2.33. The number of aromatic nitrogens is 3. The number of benzene rings is 1. The number of carbonyl (C=O) groups excluding carboxylic acids is 1. The zero-order valence-electron chi connectivity index (χ0n) is 16.3. The third kappa shape index (κ3) is 4.01. The summed E-state index contributed by atoms with van der Waals surface area (Å²) >= 11 is 5.90. The molecule has 2 aromatic heterocycles. The van der Waals surface area contributed by atoms with Gasteiger partial charge in [-0.2, -0.15) is 18.3 Å². The van der Waals surface area contributed by atoms with Gasteiger partial charge in [0, 0.05) is 29.2 Å². The molecule has 158 valence electrons. The molecule has 0 bridgehead atoms. The van der Waals surface area contributed by atoms with Gasteiger partial charge >= 0.3 is 6.18 Å². The first-order valence-corrected chi connectivity index (χ1v) is 10.1. The van der Waals surface area contributed by atoms with Gasteiger partial charge in [0.2, 0.25) is 5.91 Å². The first-order valence-electron chi connectivity index (χ1n) is 9.74. The molecule has 1 fully saturated rings. The number of rotatable bonds is 3. The second-order valence-corrected chi connectivity index (χ2v) is 7.89. The van der Waals surface area contributed by atoms with Crippen molar-refractivity contribution in [3.05, 3.63) is 52.3 Å². The summed E-state index contributed by atoms with van der Waals surface area (Å²) in [5.41, 5.74) is 0.561. The number of piperidine rings is 1. The summed E-state index contributed by atoms with van der Waals surface area (Å²) in [6.07, 6.45) is -1.69. The van der Waals surface area contributed by atoms with E-state index in [-0.39, 0.29) is 23.7 Å². The molecule has 0 atom stereocenters. The third-order valence-electron chi connectivity index (χ3n) is 5.35. The number of hydrogen-bond acceptors (Lipinski definition) is 3. The summed E-state index contributed by atoms with van der Waals surface area (Å²) in [5, 5.41) is 4.54. The van der Waals surface area contributed by atoms with Crippen molar-refractivity contribution in [2.75, 3.05) is 13.1 Å². The Labute approximate surface area is 176 Å². The van der Waals surface area contributed by atoms with E-state index < -0.39 is 11.9 Å². The summed E-state index contributed by atoms with van der Waals surface area (Å²) in [5.74, 6) is -0.111. The van der Waals surface area contributed by atoms with Crippen LogP contribution in [-0.2, 0) is 17.4 Å². The number of nitrogens with zero attached hydrogens (tertiary/aromatic N) is 4. The number of aryl methyl sites for hydroxylation is 1. The number of likely N-dealkylation sites (tertiary alicyclic amines) is 1. The molecule has 1 aromatic carbocycles. The minimum Gasteiger partial charge on any atom is -0.342 e. The molecule has 0 saturated carbocycles. The van der Waals surface area contributed by atoms with E-state index in [2.05, 4.69) is 10.1 Å². The lowest BCUT2D eigenvalue weighted by molar-refractivity contribution is -0.142. The Morgan fingerprint density at radius 1 is 1.13 bits per heavy atom. The molecule has 0 radical (unpaired) electrons. The topological polar surface area (TPSA) is 50.5 Å². The highest BCUT2D eigenvalue weighted by atomic mass is 35.5. The Balaban J connectivity index is 1.82. The van der Waals surface area contributed by atoms with Crippen molar-refractivity contribution in [3.8, 4) is 11.3 Å². The van der Waals surface area contributed by atoms with Crippen molar-refractivity contribution in [2.45, 2.75) is 38.8 Å². The molecular formula is C21H20ClF3N4O. The number of fused-ring (bicyclic) bond motifs is 1. The number of carbonyl (C=O) groups is 1. The summed E-state index contributed by atoms with van der Waals surface area (Å²) in [7, 11) is 0. The number of alkyl halides is 3. The van der Waals surface area contributed by atoms with Gasteiger partial charge in [-0.15, -0.1) is 0 Å². The Morgan fingerprint density at radius 2 is 1.80 bits per heavy atom. The van der Waals surface area contributed by atoms with Gasteiger partial charge in [-0.1, -0.05) is 23.7 Å². The van der Waals surface area contributed by atoms with Crippen LogP contribution in [0.25, 0.3) is 16.9 Å². The molecule has 1 saturated heterocycles. The van der Waals surface area contributed by atoms with Crippen LogP contribution in [-0.4, -0.2) is 38.5 Å². The highest BCUT2D eigenvalue weighted by molar-refractivity contribution is 6.30. The molecule has 30 heavy (non-hydrogen) atoms. The fourth-order valence-corrected chi connectivity index (χ4v) is 3.88. The predicted octanol–water partition coefficient (Wildman–Crippen LogP) is 4.93. The molecule has 0 spiro atoms. The van der Waals surface area contributed by atoms with Crippen LogP contribution in [0.2, 0.25) is 5.02 Å². The van der Waals surface area contributed by atoms with Crippen molar-refractivity contribution in [2.24, 2.45) is 0 Å². The molecule has 4 rings (SSSR count). The van der Waals surface area contributed by atoms with Crippen LogP contribution in [0.3, 0.4) is 0 Å². The molecule has 0 unspecified atom stereocenters. The molecule has 9 heteroatoms. The van der Waals surface area contributed by atoms with Gasteiger partial charge in [0.25, 0.3) is 0 Å². The van der Waals surface area contributed by atoms with E-state index in [1.165, 1.54) is 0 Å². The Kier molecular flexibility index (Phi) is 5.44. The quantitative estimate of drug-likeness (QED) is 0.585. The van der Waals surface area contributed by atoms with Crippen LogP contribution < -0.4 is 0 Å². The number of amides is 1. The van der Waals surface area contributed by atoms with Crippen molar-refractivity contribution >= 4 is 23.2 Å². The van der Waals surface area contributed by atoms with E-state index in [0.717, 1.165) is 29.8 Å². The first kappa shape index (κ1) is 20.7. The van der Waals surface area contributed by atoms with Gasteiger partial charge in [0.05, 0.1) is 17.8 Å². The molecule has 3 heterocycles. The lowest BCUT2D eigenvalue weighted by atomic mass is 10.1. The van der Waals surface area contributed by atoms with Crippen molar-refractivity contribution < 1.29 is 18.0 Å². The highest BCUT2D eigenvalue weighted by Gasteiger charge is 2.36. The van der Waals surface area contributed by atoms with Crippen molar-refractivity contribution in [1.29, 1.82) is 0 Å². The average molecular weight is 437 g/mol. The van der Waals surface area contributed by atoms with Gasteiger partial charge in [-0.25, -0.2) is 9.50 Å². The fourth-order valence-electron chi connectivity index (χ4n) is 3.75. The Bertz CT molecular complexity index is 1090. The van der Waals surface area contributed by atoms with E-state index in [9.17, 15) is 18.0 Å². The molecular weight excluding hydrogens is 417 g/mol. The normalized spacial score (nSPS) is 15.0. The van der Waals surface area contributed by atoms with E-state index in [1.54, 1.807) is 36.1 Å². The summed E-state index contributed by atoms with van der Waals surface area (Å²) in [6, 6.07) is 7.39. The van der Waals surface area contributed by atoms with Gasteiger partial charge in [-0.05, 0) is 44.4 Å². The number of halogens is 4. The molecule has 1 amide bonds. The van der Waals surface area contributed by atoms with Crippen LogP contribution in [0.4, 0.5) is 13.2 Å². The van der Waals surface area contributed by atoms with Crippen LogP contribution in [0, 0.1) is 6.92 Å². The fraction of sp³-hybridized carbons (Fsp3) is 0.381. The van der Waals surface area contributed by atoms with E-state index in [1.807, 2.05) is 0 Å². The maximum atomic E-state index is 13.8. The minimum absolute atomic E-state index is 0.0241. The molecule has 5 nitrogen and oxygen atoms in total. The monoisotopic (exact) mass is 436 g/mol. The maximum Gasteiger partial charge on any atom is 0.433 e. The smallest absolute Gasteiger partial charge is 0.342 e. The molecule has 0 aliphatic carbocycles. The van der Waals surface area contributed by atoms with E-state index >= 15 is 0 Å². The van der Waals surface area contributed by atoms with E-state index in [0.29, 0.717) is 34.9 Å². The summed E-state index contributed by atoms with van der Waals surface area (Å²) in [4.78, 5) is 19.0. The maximum absolute atomic E-state index is 13.8. The van der Waals surface area contributed by atoms with Crippen molar-refractivity contribution in [1.82, 2.24) is 19.5 Å². The average Bonchev–Trinajstić information content (AvgIpc) is 3.03. The van der Waals surface area contributed by atoms with Gasteiger partial charge in [0.15, 0.2) is 11.3 Å². The third-order valence-corrected chi connectivity index (χ3v) is 5.60. The largest absolute Gasteiger partial charge is 0.433 e. The summed E-state index contributed by atoms with van der Waals surface area (Å²) < 4.78 is 42.2. The minimum atomic E-state index is -4.63. The molecule has 3 aromatic rings. The lowest BCUT2D eigenvalue weighted by Crippen LogP contribution is -2.36. The Hall–Kier alpha value is -2.61. The Morgan fingerprint density at radius 3 is 2.43 bits per heavy atom. The molecule has 1 aliphatic rings. The van der Waals surface area contributed by atoms with Crippen LogP contribution >= 0.6 is 11.6 Å². The van der Waals surface area contributed by atoms with E-state index in [4.69, 9.17) is 11.6 Å². The SMILES string of the molecule is Cc1nn2c(C(F)(F)F)cc(-c3ccc(Cl)cc3)nc2c1CC(=O)N1CCCCC1. The second kappa shape index (κ2) is 7.91. The predicted molar refractivity (Wildman–Crippen MR) is 107 cm³/mol. The van der Waals surface area contributed by atoms with Gasteiger partial charge < -0.3 is 4.90 Å².